The van der Waals surface area contributed by atoms with E-state index in [1.807, 2.05) is 30.3 Å². The van der Waals surface area contributed by atoms with E-state index in [0.29, 0.717) is 18.7 Å². The van der Waals surface area contributed by atoms with Crippen LogP contribution in [0, 0.1) is 11.8 Å². The first kappa shape index (κ1) is 19.7. The van der Waals surface area contributed by atoms with Gasteiger partial charge in [-0.3, -0.25) is 4.79 Å². The smallest absolute Gasteiger partial charge is 0.252 e. The summed E-state index contributed by atoms with van der Waals surface area (Å²) in [4.78, 5) is 12.3. The zero-order valence-electron chi connectivity index (χ0n) is 14.9. The minimum Gasteiger partial charge on any atom is -0.341 e. The fourth-order valence-electron chi connectivity index (χ4n) is 2.39. The predicted molar refractivity (Wildman–Crippen MR) is 102 cm³/mol. The van der Waals surface area contributed by atoms with Gasteiger partial charge in [-0.25, -0.2) is 8.42 Å². The standard InChI is InChI=1S/C20H22N2O3S/c1-3-22(4-2)26(24,25)19-14-12-18(13-15-19)20(23)21-16-8-11-17-9-6-5-7-10-17/h5-7,9-10,12-15H,3-4,16H2,1-2H3,(H,21,23). The molecule has 0 spiro atoms. The first-order valence-corrected chi connectivity index (χ1v) is 9.85. The van der Waals surface area contributed by atoms with Gasteiger partial charge in [0.1, 0.15) is 0 Å². The van der Waals surface area contributed by atoms with Crippen molar-refractivity contribution in [3.8, 4) is 11.8 Å². The van der Waals surface area contributed by atoms with Crippen LogP contribution in [0.1, 0.15) is 29.8 Å². The molecular weight excluding hydrogens is 348 g/mol. The van der Waals surface area contributed by atoms with E-state index < -0.39 is 10.0 Å². The van der Waals surface area contributed by atoms with E-state index in [1.165, 1.54) is 28.6 Å². The Morgan fingerprint density at radius 3 is 2.19 bits per heavy atom. The number of benzene rings is 2. The van der Waals surface area contributed by atoms with Crippen LogP contribution < -0.4 is 5.32 Å². The molecule has 0 heterocycles. The zero-order chi connectivity index (χ0) is 19.0. The molecule has 2 aromatic rings. The van der Waals surface area contributed by atoms with Crippen molar-refractivity contribution in [2.45, 2.75) is 18.7 Å². The van der Waals surface area contributed by atoms with Crippen LogP contribution in [0.15, 0.2) is 59.5 Å². The lowest BCUT2D eigenvalue weighted by molar-refractivity contribution is 0.0958. The first-order valence-electron chi connectivity index (χ1n) is 8.41. The molecule has 0 atom stereocenters. The topological polar surface area (TPSA) is 66.5 Å². The third kappa shape index (κ3) is 4.94. The maximum absolute atomic E-state index is 12.4. The van der Waals surface area contributed by atoms with Gasteiger partial charge in [-0.1, -0.05) is 43.9 Å². The van der Waals surface area contributed by atoms with Crippen LogP contribution in [0.3, 0.4) is 0 Å². The summed E-state index contributed by atoms with van der Waals surface area (Å²) in [5.41, 5.74) is 1.28. The number of rotatable bonds is 6. The monoisotopic (exact) mass is 370 g/mol. The summed E-state index contributed by atoms with van der Waals surface area (Å²) < 4.78 is 26.2. The Labute approximate surface area is 155 Å². The molecule has 0 radical (unpaired) electrons. The number of sulfonamides is 1. The minimum absolute atomic E-state index is 0.182. The molecule has 2 aromatic carbocycles. The van der Waals surface area contributed by atoms with Crippen molar-refractivity contribution in [2.24, 2.45) is 0 Å². The number of carbonyl (C=O) groups excluding carboxylic acids is 1. The average molecular weight is 370 g/mol. The molecule has 0 aliphatic heterocycles. The molecule has 1 amide bonds. The molecule has 136 valence electrons. The Morgan fingerprint density at radius 1 is 1.00 bits per heavy atom. The molecule has 0 aliphatic rings. The highest BCUT2D eigenvalue weighted by Gasteiger charge is 2.21. The van der Waals surface area contributed by atoms with Gasteiger partial charge in [0, 0.05) is 24.2 Å². The summed E-state index contributed by atoms with van der Waals surface area (Å²) in [7, 11) is -3.52. The van der Waals surface area contributed by atoms with Crippen LogP contribution in [0.2, 0.25) is 0 Å². The van der Waals surface area contributed by atoms with Crippen molar-refractivity contribution >= 4 is 15.9 Å². The lowest BCUT2D eigenvalue weighted by Crippen LogP contribution is -2.30. The fourth-order valence-corrected chi connectivity index (χ4v) is 3.84. The summed E-state index contributed by atoms with van der Waals surface area (Å²) >= 11 is 0. The highest BCUT2D eigenvalue weighted by atomic mass is 32.2. The van der Waals surface area contributed by atoms with E-state index in [0.717, 1.165) is 5.56 Å². The summed E-state index contributed by atoms with van der Waals surface area (Å²) in [6.45, 7) is 4.61. The van der Waals surface area contributed by atoms with Gasteiger partial charge in [-0.15, -0.1) is 0 Å². The third-order valence-corrected chi connectivity index (χ3v) is 5.87. The third-order valence-electron chi connectivity index (χ3n) is 3.80. The van der Waals surface area contributed by atoms with Crippen LogP contribution in [-0.2, 0) is 10.0 Å². The lowest BCUT2D eigenvalue weighted by Gasteiger charge is -2.18. The molecule has 0 aliphatic carbocycles. The van der Waals surface area contributed by atoms with Crippen molar-refractivity contribution in [2.75, 3.05) is 19.6 Å². The number of nitrogens with one attached hydrogen (secondary N) is 1. The highest BCUT2D eigenvalue weighted by molar-refractivity contribution is 7.89. The quantitative estimate of drug-likeness (QED) is 0.795. The minimum atomic E-state index is -3.52. The van der Waals surface area contributed by atoms with Crippen LogP contribution >= 0.6 is 0 Å². The molecule has 5 nitrogen and oxygen atoms in total. The molecule has 0 aromatic heterocycles. The van der Waals surface area contributed by atoms with E-state index >= 15 is 0 Å². The number of hydrogen-bond donors (Lipinski definition) is 1. The maximum Gasteiger partial charge on any atom is 0.252 e. The molecule has 0 saturated carbocycles. The van der Waals surface area contributed by atoms with Gasteiger partial charge in [0.2, 0.25) is 10.0 Å². The molecule has 2 rings (SSSR count). The van der Waals surface area contributed by atoms with Crippen LogP contribution in [0.25, 0.3) is 0 Å². The SMILES string of the molecule is CCN(CC)S(=O)(=O)c1ccc(C(=O)NCC#Cc2ccccc2)cc1. The molecule has 26 heavy (non-hydrogen) atoms. The Bertz CT molecular complexity index is 892. The second kappa shape index (κ2) is 9.18. The Hall–Kier alpha value is -2.62. The van der Waals surface area contributed by atoms with Crippen molar-refractivity contribution in [1.82, 2.24) is 9.62 Å². The molecule has 0 bridgehead atoms. The van der Waals surface area contributed by atoms with Crippen molar-refractivity contribution in [1.29, 1.82) is 0 Å². The van der Waals surface area contributed by atoms with Gasteiger partial charge in [0.05, 0.1) is 11.4 Å². The second-order valence-electron chi connectivity index (χ2n) is 5.46. The van der Waals surface area contributed by atoms with Crippen LogP contribution in [-0.4, -0.2) is 38.3 Å². The Balaban J connectivity index is 2.00. The molecule has 0 unspecified atom stereocenters. The molecular formula is C20H22N2O3S. The van der Waals surface area contributed by atoms with Gasteiger partial charge in [-0.05, 0) is 36.4 Å². The highest BCUT2D eigenvalue weighted by Crippen LogP contribution is 2.16. The maximum atomic E-state index is 12.4. The van der Waals surface area contributed by atoms with Crippen molar-refractivity contribution < 1.29 is 13.2 Å². The summed E-state index contributed by atoms with van der Waals surface area (Å²) in [5, 5.41) is 2.70. The summed E-state index contributed by atoms with van der Waals surface area (Å²) in [6, 6.07) is 15.4. The second-order valence-corrected chi connectivity index (χ2v) is 7.40. The number of nitrogens with zero attached hydrogens (tertiary/aromatic N) is 1. The van der Waals surface area contributed by atoms with Crippen LogP contribution in [0.5, 0.6) is 0 Å². The molecule has 0 fully saturated rings. The van der Waals surface area contributed by atoms with Gasteiger partial charge < -0.3 is 5.32 Å². The number of amides is 1. The molecule has 6 heteroatoms. The first-order chi connectivity index (χ1) is 12.5. The van der Waals surface area contributed by atoms with Gasteiger partial charge in [0.15, 0.2) is 0 Å². The van der Waals surface area contributed by atoms with E-state index in [9.17, 15) is 13.2 Å². The van der Waals surface area contributed by atoms with Crippen molar-refractivity contribution in [3.63, 3.8) is 0 Å². The van der Waals surface area contributed by atoms with E-state index in [1.54, 1.807) is 13.8 Å². The van der Waals surface area contributed by atoms with Gasteiger partial charge >= 0.3 is 0 Å². The molecule has 0 saturated heterocycles. The zero-order valence-corrected chi connectivity index (χ0v) is 15.7. The molecule has 1 N–H and O–H groups in total. The van der Waals surface area contributed by atoms with E-state index in [2.05, 4.69) is 17.2 Å². The Kier molecular flexibility index (Phi) is 6.96. The van der Waals surface area contributed by atoms with E-state index in [-0.39, 0.29) is 17.3 Å². The normalized spacial score (nSPS) is 10.9. The number of hydrogen-bond acceptors (Lipinski definition) is 3. The number of carbonyl (C=O) groups is 1. The van der Waals surface area contributed by atoms with Crippen LogP contribution in [0.4, 0.5) is 0 Å². The average Bonchev–Trinajstić information content (AvgIpc) is 2.67. The summed E-state index contributed by atoms with van der Waals surface area (Å²) in [6.07, 6.45) is 0. The predicted octanol–water partition coefficient (Wildman–Crippen LogP) is 2.50. The largest absolute Gasteiger partial charge is 0.341 e. The van der Waals surface area contributed by atoms with Gasteiger partial charge in [0.25, 0.3) is 5.91 Å². The Morgan fingerprint density at radius 2 is 1.62 bits per heavy atom. The van der Waals surface area contributed by atoms with Crippen molar-refractivity contribution in [3.05, 3.63) is 65.7 Å². The lowest BCUT2D eigenvalue weighted by atomic mass is 10.2. The van der Waals surface area contributed by atoms with Gasteiger partial charge in [-0.2, -0.15) is 4.31 Å². The summed E-state index contributed by atoms with van der Waals surface area (Å²) in [5.74, 6) is 5.55. The fraction of sp³-hybridized carbons (Fsp3) is 0.250. The van der Waals surface area contributed by atoms with E-state index in [4.69, 9.17) is 0 Å².